The Kier molecular flexibility index (Phi) is 4.59. The molecule has 0 aromatic rings. The summed E-state index contributed by atoms with van der Waals surface area (Å²) in [6, 6.07) is 0. The fourth-order valence-corrected chi connectivity index (χ4v) is 0.237. The van der Waals surface area contributed by atoms with Crippen molar-refractivity contribution in [2.45, 2.75) is 6.92 Å². The second-order valence-electron chi connectivity index (χ2n) is 0.844. The monoisotopic (exact) mass is 102 g/mol. The van der Waals surface area contributed by atoms with Gasteiger partial charge in [-0.05, 0) is 6.92 Å². The molecule has 0 fully saturated rings. The maximum absolute atomic E-state index is 5.15. The minimum Gasteiger partial charge on any atom is -0.0930 e. The number of halogens is 1. The average molecular weight is 103 g/mol. The average Bonchev–Trinajstić information content (AvgIpc) is 1.61. The molecule has 0 atom stereocenters. The standard InChI is InChI=1S/C5H7Cl/c1-2-3-4-5-6/h2-5H,1H3/b3-2?,5-4+. The summed E-state index contributed by atoms with van der Waals surface area (Å²) in [7, 11) is 0. The van der Waals surface area contributed by atoms with Crippen LogP contribution in [0.1, 0.15) is 6.92 Å². The molecule has 0 saturated carbocycles. The van der Waals surface area contributed by atoms with E-state index in [2.05, 4.69) is 0 Å². The molecule has 0 nitrogen and oxygen atoms in total. The van der Waals surface area contributed by atoms with Crippen LogP contribution in [0.2, 0.25) is 0 Å². The summed E-state index contributed by atoms with van der Waals surface area (Å²) < 4.78 is 0. The van der Waals surface area contributed by atoms with Crippen LogP contribution in [0, 0.1) is 0 Å². The highest BCUT2D eigenvalue weighted by atomic mass is 35.5. The smallest absolute Gasteiger partial charge is 0.00423 e. The molecule has 0 spiro atoms. The predicted molar refractivity (Wildman–Crippen MR) is 29.8 cm³/mol. The van der Waals surface area contributed by atoms with Crippen molar-refractivity contribution < 1.29 is 0 Å². The lowest BCUT2D eigenvalue weighted by Gasteiger charge is -1.61. The lowest BCUT2D eigenvalue weighted by molar-refractivity contribution is 1.74. The molecular weight excluding hydrogens is 95.5 g/mol. The summed E-state index contributed by atoms with van der Waals surface area (Å²) in [5, 5.41) is 0. The lowest BCUT2D eigenvalue weighted by atomic mass is 10.5. The summed E-state index contributed by atoms with van der Waals surface area (Å²) >= 11 is 5.15. The van der Waals surface area contributed by atoms with Crippen LogP contribution in [0.3, 0.4) is 0 Å². The summed E-state index contributed by atoms with van der Waals surface area (Å²) in [6.45, 7) is 1.94. The van der Waals surface area contributed by atoms with Crippen LogP contribution in [-0.4, -0.2) is 0 Å². The van der Waals surface area contributed by atoms with Gasteiger partial charge in [0.1, 0.15) is 0 Å². The molecule has 0 aromatic carbocycles. The molecule has 0 aliphatic heterocycles. The quantitative estimate of drug-likeness (QED) is 0.446. The van der Waals surface area contributed by atoms with E-state index in [1.165, 1.54) is 5.54 Å². The Balaban J connectivity index is 3.07. The Morgan fingerprint density at radius 1 is 1.33 bits per heavy atom. The van der Waals surface area contributed by atoms with E-state index >= 15 is 0 Å². The van der Waals surface area contributed by atoms with Gasteiger partial charge in [0.25, 0.3) is 0 Å². The molecule has 0 saturated heterocycles. The van der Waals surface area contributed by atoms with Gasteiger partial charge in [0, 0.05) is 5.54 Å². The maximum Gasteiger partial charge on any atom is 0.00423 e. The third-order valence-electron chi connectivity index (χ3n) is 0.376. The van der Waals surface area contributed by atoms with Crippen molar-refractivity contribution in [1.82, 2.24) is 0 Å². The van der Waals surface area contributed by atoms with E-state index in [1.54, 1.807) is 6.08 Å². The topological polar surface area (TPSA) is 0 Å². The Hall–Kier alpha value is -0.230. The maximum atomic E-state index is 5.15. The van der Waals surface area contributed by atoms with Crippen molar-refractivity contribution >= 4 is 11.6 Å². The van der Waals surface area contributed by atoms with E-state index in [0.717, 1.165) is 0 Å². The van der Waals surface area contributed by atoms with Crippen LogP contribution in [0.25, 0.3) is 0 Å². The molecule has 34 valence electrons. The van der Waals surface area contributed by atoms with Crippen LogP contribution in [0.5, 0.6) is 0 Å². The fraction of sp³-hybridized carbons (Fsp3) is 0.200. The van der Waals surface area contributed by atoms with Crippen molar-refractivity contribution in [2.24, 2.45) is 0 Å². The van der Waals surface area contributed by atoms with Crippen LogP contribution in [-0.2, 0) is 0 Å². The number of rotatable bonds is 1. The first kappa shape index (κ1) is 5.77. The minimum atomic E-state index is 1.47. The van der Waals surface area contributed by atoms with Gasteiger partial charge in [0.05, 0.1) is 0 Å². The van der Waals surface area contributed by atoms with Crippen LogP contribution < -0.4 is 0 Å². The molecule has 0 N–H and O–H groups in total. The van der Waals surface area contributed by atoms with Gasteiger partial charge in [-0.3, -0.25) is 0 Å². The first-order chi connectivity index (χ1) is 2.91. The van der Waals surface area contributed by atoms with E-state index in [0.29, 0.717) is 0 Å². The van der Waals surface area contributed by atoms with E-state index in [-0.39, 0.29) is 0 Å². The third kappa shape index (κ3) is 3.77. The normalized spacial score (nSPS) is 11.7. The van der Waals surface area contributed by atoms with Crippen LogP contribution >= 0.6 is 11.6 Å². The lowest BCUT2D eigenvalue weighted by Crippen LogP contribution is -1.37. The number of hydrogen-bond acceptors (Lipinski definition) is 0. The molecule has 0 radical (unpaired) electrons. The van der Waals surface area contributed by atoms with E-state index in [9.17, 15) is 0 Å². The van der Waals surface area contributed by atoms with Gasteiger partial charge in [-0.2, -0.15) is 0 Å². The highest BCUT2D eigenvalue weighted by molar-refractivity contribution is 6.25. The predicted octanol–water partition coefficient (Wildman–Crippen LogP) is 2.32. The molecule has 0 heterocycles. The Labute approximate surface area is 43.1 Å². The molecule has 0 bridgehead atoms. The molecule has 0 aromatic heterocycles. The van der Waals surface area contributed by atoms with Gasteiger partial charge in [0.15, 0.2) is 0 Å². The second kappa shape index (κ2) is 4.77. The molecule has 0 aliphatic carbocycles. The molecule has 6 heavy (non-hydrogen) atoms. The van der Waals surface area contributed by atoms with Crippen LogP contribution in [0.4, 0.5) is 0 Å². The summed E-state index contributed by atoms with van der Waals surface area (Å²) in [5.74, 6) is 0. The summed E-state index contributed by atoms with van der Waals surface area (Å²) in [5.41, 5.74) is 1.47. The molecule has 0 rings (SSSR count). The van der Waals surface area contributed by atoms with Gasteiger partial charge in [-0.1, -0.05) is 29.8 Å². The van der Waals surface area contributed by atoms with Crippen LogP contribution in [0.15, 0.2) is 23.8 Å². The van der Waals surface area contributed by atoms with Gasteiger partial charge in [-0.25, -0.2) is 0 Å². The first-order valence-electron chi connectivity index (χ1n) is 1.80. The van der Waals surface area contributed by atoms with E-state index < -0.39 is 0 Å². The van der Waals surface area contributed by atoms with Crippen molar-refractivity contribution in [3.05, 3.63) is 23.8 Å². The van der Waals surface area contributed by atoms with Crippen molar-refractivity contribution in [3.63, 3.8) is 0 Å². The van der Waals surface area contributed by atoms with Crippen molar-refractivity contribution in [3.8, 4) is 0 Å². The zero-order valence-electron chi connectivity index (χ0n) is 3.69. The highest BCUT2D eigenvalue weighted by Crippen LogP contribution is 1.77. The first-order valence-corrected chi connectivity index (χ1v) is 2.23. The zero-order chi connectivity index (χ0) is 4.83. The molecule has 0 amide bonds. The fourth-order valence-electron chi connectivity index (χ4n) is 0.153. The third-order valence-corrected chi connectivity index (χ3v) is 0.522. The van der Waals surface area contributed by atoms with Gasteiger partial charge >= 0.3 is 0 Å². The molecular formula is C5H7Cl. The molecule has 1 heteroatoms. The minimum absolute atomic E-state index is 1.47. The van der Waals surface area contributed by atoms with Gasteiger partial charge in [0.2, 0.25) is 0 Å². The summed E-state index contributed by atoms with van der Waals surface area (Å²) in [4.78, 5) is 0. The largest absolute Gasteiger partial charge is 0.0930 e. The number of allylic oxidation sites excluding steroid dienone is 3. The molecule has 0 aliphatic rings. The molecule has 0 unspecified atom stereocenters. The SMILES string of the molecule is CC=C/C=C/Cl. The zero-order valence-corrected chi connectivity index (χ0v) is 4.44. The second-order valence-corrected chi connectivity index (χ2v) is 1.10. The highest BCUT2D eigenvalue weighted by Gasteiger charge is 1.50. The number of hydrogen-bond donors (Lipinski definition) is 0. The van der Waals surface area contributed by atoms with Gasteiger partial charge in [-0.15, -0.1) is 0 Å². The van der Waals surface area contributed by atoms with E-state index in [1.807, 2.05) is 19.1 Å². The Bertz CT molecular complexity index is 52.3. The van der Waals surface area contributed by atoms with E-state index in [4.69, 9.17) is 11.6 Å². The van der Waals surface area contributed by atoms with Crippen molar-refractivity contribution in [2.75, 3.05) is 0 Å². The van der Waals surface area contributed by atoms with Crippen molar-refractivity contribution in [1.29, 1.82) is 0 Å². The Morgan fingerprint density at radius 2 is 2.00 bits per heavy atom. The summed E-state index contributed by atoms with van der Waals surface area (Å²) in [6.07, 6.45) is 5.55. The Morgan fingerprint density at radius 3 is 2.17 bits per heavy atom. The van der Waals surface area contributed by atoms with Gasteiger partial charge < -0.3 is 0 Å².